The normalized spacial score (nSPS) is 12.5. The first-order valence-electron chi connectivity index (χ1n) is 9.93. The monoisotopic (exact) mass is 441 g/mol. The zero-order chi connectivity index (χ0) is 22.6. The highest BCUT2D eigenvalue weighted by Crippen LogP contribution is 2.30. The van der Waals surface area contributed by atoms with Gasteiger partial charge in [-0.2, -0.15) is 0 Å². The maximum absolute atomic E-state index is 11.8. The van der Waals surface area contributed by atoms with Gasteiger partial charge in [-0.3, -0.25) is 4.79 Å². The zero-order valence-electron chi connectivity index (χ0n) is 17.6. The molecule has 0 saturated heterocycles. The summed E-state index contributed by atoms with van der Waals surface area (Å²) in [6.07, 6.45) is 1.78. The minimum Gasteiger partial charge on any atom is -0.394 e. The molecule has 7 nitrogen and oxygen atoms in total. The van der Waals surface area contributed by atoms with E-state index in [1.807, 2.05) is 37.3 Å². The molecule has 0 radical (unpaired) electrons. The third-order valence-electron chi connectivity index (χ3n) is 5.17. The standard InChI is InChI=1S/C23H27N3O4S/c1-16-18(12-13-25-23(28)21(24)15-27)14-22(26(16)19-6-4-3-5-7-19)17-8-10-20(11-9-17)31(2,29)30/h3-11,14,21,27H,12-13,15,24H2,1-2H3,(H,25,28). The first-order valence-corrected chi connectivity index (χ1v) is 11.8. The summed E-state index contributed by atoms with van der Waals surface area (Å²) in [6.45, 7) is 2.00. The van der Waals surface area contributed by atoms with Crippen LogP contribution in [0.25, 0.3) is 16.9 Å². The summed E-state index contributed by atoms with van der Waals surface area (Å²) >= 11 is 0. The molecule has 0 aliphatic carbocycles. The number of hydrogen-bond acceptors (Lipinski definition) is 5. The minimum atomic E-state index is -3.27. The van der Waals surface area contributed by atoms with Crippen LogP contribution in [0.15, 0.2) is 65.6 Å². The third-order valence-corrected chi connectivity index (χ3v) is 6.30. The van der Waals surface area contributed by atoms with Crippen LogP contribution in [0, 0.1) is 6.92 Å². The highest BCUT2D eigenvalue weighted by Gasteiger charge is 2.17. The van der Waals surface area contributed by atoms with Gasteiger partial charge >= 0.3 is 0 Å². The lowest BCUT2D eigenvalue weighted by atomic mass is 10.1. The topological polar surface area (TPSA) is 114 Å². The summed E-state index contributed by atoms with van der Waals surface area (Å²) in [7, 11) is -3.27. The largest absolute Gasteiger partial charge is 0.394 e. The van der Waals surface area contributed by atoms with Crippen LogP contribution in [0.2, 0.25) is 0 Å². The molecular formula is C23H27N3O4S. The number of nitrogens with one attached hydrogen (secondary N) is 1. The molecule has 4 N–H and O–H groups in total. The van der Waals surface area contributed by atoms with Gasteiger partial charge in [0.25, 0.3) is 0 Å². The number of aliphatic hydroxyl groups excluding tert-OH is 1. The second-order valence-electron chi connectivity index (χ2n) is 7.44. The Morgan fingerprint density at radius 1 is 1.13 bits per heavy atom. The number of aliphatic hydroxyl groups is 1. The molecule has 31 heavy (non-hydrogen) atoms. The molecule has 0 bridgehead atoms. The van der Waals surface area contributed by atoms with Crippen molar-refractivity contribution in [1.29, 1.82) is 0 Å². The van der Waals surface area contributed by atoms with Crippen molar-refractivity contribution in [2.75, 3.05) is 19.4 Å². The molecule has 1 atom stereocenters. The van der Waals surface area contributed by atoms with Crippen LogP contribution in [-0.4, -0.2) is 49.4 Å². The molecule has 0 saturated carbocycles. The second kappa shape index (κ2) is 9.47. The fourth-order valence-electron chi connectivity index (χ4n) is 3.44. The summed E-state index contributed by atoms with van der Waals surface area (Å²) in [5, 5.41) is 11.7. The second-order valence-corrected chi connectivity index (χ2v) is 9.45. The van der Waals surface area contributed by atoms with Gasteiger partial charge in [-0.15, -0.1) is 0 Å². The summed E-state index contributed by atoms with van der Waals surface area (Å²) in [5.41, 5.74) is 10.4. The molecule has 0 aliphatic heterocycles. The Hall–Kier alpha value is -2.94. The van der Waals surface area contributed by atoms with Gasteiger partial charge in [0.2, 0.25) is 5.91 Å². The van der Waals surface area contributed by atoms with E-state index in [2.05, 4.69) is 16.0 Å². The molecule has 164 valence electrons. The SMILES string of the molecule is Cc1c(CCNC(=O)C(N)CO)cc(-c2ccc(S(C)(=O)=O)cc2)n1-c1ccccc1. The number of nitrogens with two attached hydrogens (primary N) is 1. The molecule has 3 aromatic rings. The number of carbonyl (C=O) groups is 1. The van der Waals surface area contributed by atoms with Crippen molar-refractivity contribution in [1.82, 2.24) is 9.88 Å². The van der Waals surface area contributed by atoms with Crippen molar-refractivity contribution in [3.8, 4) is 16.9 Å². The van der Waals surface area contributed by atoms with Crippen LogP contribution < -0.4 is 11.1 Å². The van der Waals surface area contributed by atoms with Crippen molar-refractivity contribution in [3.63, 3.8) is 0 Å². The lowest BCUT2D eigenvalue weighted by Crippen LogP contribution is -2.43. The number of amides is 1. The van der Waals surface area contributed by atoms with Gasteiger partial charge in [-0.05, 0) is 54.8 Å². The predicted octanol–water partition coefficient (Wildman–Crippen LogP) is 1.83. The Bertz CT molecular complexity index is 1150. The lowest BCUT2D eigenvalue weighted by Gasteiger charge is -2.13. The van der Waals surface area contributed by atoms with E-state index in [0.717, 1.165) is 28.2 Å². The molecular weight excluding hydrogens is 414 g/mol. The Morgan fingerprint density at radius 3 is 2.35 bits per heavy atom. The van der Waals surface area contributed by atoms with E-state index in [4.69, 9.17) is 10.8 Å². The molecule has 8 heteroatoms. The van der Waals surface area contributed by atoms with E-state index < -0.39 is 22.5 Å². The van der Waals surface area contributed by atoms with Crippen molar-refractivity contribution < 1.29 is 18.3 Å². The number of rotatable bonds is 8. The van der Waals surface area contributed by atoms with Crippen LogP contribution >= 0.6 is 0 Å². The van der Waals surface area contributed by atoms with Crippen molar-refractivity contribution >= 4 is 15.7 Å². The zero-order valence-corrected chi connectivity index (χ0v) is 18.4. The molecule has 2 aromatic carbocycles. The fraction of sp³-hybridized carbons (Fsp3) is 0.261. The molecule has 1 aromatic heterocycles. The summed E-state index contributed by atoms with van der Waals surface area (Å²) in [6, 6.07) is 17.8. The van der Waals surface area contributed by atoms with Gasteiger partial charge < -0.3 is 20.7 Å². The predicted molar refractivity (Wildman–Crippen MR) is 121 cm³/mol. The Kier molecular flexibility index (Phi) is 6.94. The average molecular weight is 442 g/mol. The van der Waals surface area contributed by atoms with Crippen molar-refractivity contribution in [3.05, 3.63) is 71.9 Å². The van der Waals surface area contributed by atoms with Crippen LogP contribution in [0.1, 0.15) is 11.3 Å². The molecule has 1 unspecified atom stereocenters. The smallest absolute Gasteiger partial charge is 0.239 e. The summed E-state index contributed by atoms with van der Waals surface area (Å²) < 4.78 is 25.7. The summed E-state index contributed by atoms with van der Waals surface area (Å²) in [5.74, 6) is -0.390. The number of carbonyl (C=O) groups excluding carboxylic acids is 1. The lowest BCUT2D eigenvalue weighted by molar-refractivity contribution is -0.123. The number of aromatic nitrogens is 1. The summed E-state index contributed by atoms with van der Waals surface area (Å²) in [4.78, 5) is 12.1. The molecule has 1 heterocycles. The van der Waals surface area contributed by atoms with Gasteiger partial charge in [-0.1, -0.05) is 30.3 Å². The molecule has 3 rings (SSSR count). The molecule has 0 spiro atoms. The minimum absolute atomic E-state index is 0.272. The number of para-hydroxylation sites is 1. The Labute approximate surface area is 182 Å². The molecule has 0 aliphatic rings. The van der Waals surface area contributed by atoms with E-state index in [-0.39, 0.29) is 10.8 Å². The highest BCUT2D eigenvalue weighted by atomic mass is 32.2. The van der Waals surface area contributed by atoms with Crippen LogP contribution in [0.5, 0.6) is 0 Å². The van der Waals surface area contributed by atoms with Crippen LogP contribution in [-0.2, 0) is 21.1 Å². The fourth-order valence-corrected chi connectivity index (χ4v) is 4.07. The van der Waals surface area contributed by atoms with Gasteiger partial charge in [0, 0.05) is 24.2 Å². The van der Waals surface area contributed by atoms with Gasteiger partial charge in [0.1, 0.15) is 6.04 Å². The van der Waals surface area contributed by atoms with Crippen LogP contribution in [0.4, 0.5) is 0 Å². The maximum atomic E-state index is 11.8. The third kappa shape index (κ3) is 5.22. The van der Waals surface area contributed by atoms with Gasteiger partial charge in [-0.25, -0.2) is 8.42 Å². The van der Waals surface area contributed by atoms with E-state index in [1.165, 1.54) is 6.26 Å². The van der Waals surface area contributed by atoms with E-state index in [0.29, 0.717) is 13.0 Å². The number of benzene rings is 2. The first-order chi connectivity index (χ1) is 14.7. The average Bonchev–Trinajstić information content (AvgIpc) is 3.09. The van der Waals surface area contributed by atoms with Gasteiger partial charge in [0.15, 0.2) is 9.84 Å². The van der Waals surface area contributed by atoms with E-state index in [1.54, 1.807) is 24.3 Å². The number of sulfone groups is 1. The Balaban J connectivity index is 1.96. The quantitative estimate of drug-likeness (QED) is 0.493. The van der Waals surface area contributed by atoms with Gasteiger partial charge in [0.05, 0.1) is 17.2 Å². The number of hydrogen-bond donors (Lipinski definition) is 3. The maximum Gasteiger partial charge on any atom is 0.239 e. The first kappa shape index (κ1) is 22.7. The van der Waals surface area contributed by atoms with E-state index >= 15 is 0 Å². The van der Waals surface area contributed by atoms with Crippen molar-refractivity contribution in [2.45, 2.75) is 24.3 Å². The molecule has 1 amide bonds. The van der Waals surface area contributed by atoms with Crippen LogP contribution in [0.3, 0.4) is 0 Å². The number of nitrogens with zero attached hydrogens (tertiary/aromatic N) is 1. The Morgan fingerprint density at radius 2 is 1.77 bits per heavy atom. The van der Waals surface area contributed by atoms with Crippen molar-refractivity contribution in [2.24, 2.45) is 5.73 Å². The molecule has 0 fully saturated rings. The van der Waals surface area contributed by atoms with E-state index in [9.17, 15) is 13.2 Å². The highest BCUT2D eigenvalue weighted by molar-refractivity contribution is 7.90.